The van der Waals surface area contributed by atoms with Crippen molar-refractivity contribution >= 4 is 0 Å². The van der Waals surface area contributed by atoms with E-state index in [1.807, 2.05) is 0 Å². The summed E-state index contributed by atoms with van der Waals surface area (Å²) in [6, 6.07) is 6.24. The molecule has 0 saturated heterocycles. The molecule has 2 heterocycles. The Hall–Kier alpha value is -1.64. The third-order valence-electron chi connectivity index (χ3n) is 4.93. The van der Waals surface area contributed by atoms with E-state index in [4.69, 9.17) is 0 Å². The van der Waals surface area contributed by atoms with Crippen LogP contribution in [0.4, 0.5) is 0 Å². The van der Waals surface area contributed by atoms with Crippen molar-refractivity contribution < 1.29 is 9.13 Å². The Morgan fingerprint density at radius 1 is 0.528 bits per heavy atom. The van der Waals surface area contributed by atoms with Gasteiger partial charge in [0.25, 0.3) is 0 Å². The third kappa shape index (κ3) is 32.4. The van der Waals surface area contributed by atoms with Gasteiger partial charge in [0.1, 0.15) is 18.9 Å². The lowest BCUT2D eigenvalue weighted by molar-refractivity contribution is -0.697. The van der Waals surface area contributed by atoms with Crippen LogP contribution in [-0.4, -0.2) is 4.57 Å². The van der Waals surface area contributed by atoms with Crippen LogP contribution in [0.3, 0.4) is 0 Å². The number of rotatable bonds is 13. The Labute approximate surface area is 232 Å². The average Bonchev–Trinajstić information content (AvgIpc) is 3.23. The Morgan fingerprint density at radius 2 is 0.944 bits per heavy atom. The highest BCUT2D eigenvalue weighted by molar-refractivity contribution is 4.83. The Bertz CT molecular complexity index is 563. The van der Waals surface area contributed by atoms with E-state index in [-0.39, 0.29) is 44.6 Å². The van der Waals surface area contributed by atoms with Crippen molar-refractivity contribution in [2.45, 2.75) is 155 Å². The van der Waals surface area contributed by atoms with Gasteiger partial charge in [-0.15, -0.1) is 0 Å². The normalized spacial score (nSPS) is 8.36. The maximum absolute atomic E-state index is 2.29. The molecule has 2 aromatic heterocycles. The Kier molecular flexibility index (Phi) is 57.5. The maximum atomic E-state index is 2.29. The highest BCUT2D eigenvalue weighted by atomic mass is 15.1. The topological polar surface area (TPSA) is 12.7 Å². The number of hydrogen-bond acceptors (Lipinski definition) is 0. The van der Waals surface area contributed by atoms with Crippen LogP contribution in [0.2, 0.25) is 0 Å². The van der Waals surface area contributed by atoms with Gasteiger partial charge in [0, 0.05) is 18.6 Å². The minimum absolute atomic E-state index is 0. The van der Waals surface area contributed by atoms with E-state index < -0.39 is 0 Å². The molecule has 3 heteroatoms. The predicted molar refractivity (Wildman–Crippen MR) is 170 cm³/mol. The first-order valence-corrected chi connectivity index (χ1v) is 12.7. The van der Waals surface area contributed by atoms with Gasteiger partial charge in [-0.2, -0.15) is 0 Å². The summed E-state index contributed by atoms with van der Waals surface area (Å²) in [6.45, 7) is 14.4. The summed E-state index contributed by atoms with van der Waals surface area (Å²) < 4.78 is 6.76. The van der Waals surface area contributed by atoms with Crippen molar-refractivity contribution in [3.05, 3.63) is 64.2 Å². The monoisotopic (exact) mass is 512 g/mol. The van der Waals surface area contributed by atoms with Gasteiger partial charge in [-0.25, -0.2) is 13.7 Å². The van der Waals surface area contributed by atoms with Crippen molar-refractivity contribution in [1.82, 2.24) is 4.57 Å². The summed E-state index contributed by atoms with van der Waals surface area (Å²) in [5, 5.41) is 0. The Balaban J connectivity index is -0.0000000732. The molecule has 0 aliphatic carbocycles. The molecule has 3 nitrogen and oxygen atoms in total. The molecule has 0 amide bonds. The van der Waals surface area contributed by atoms with E-state index in [1.165, 1.54) is 83.7 Å². The van der Waals surface area contributed by atoms with Gasteiger partial charge >= 0.3 is 0 Å². The van der Waals surface area contributed by atoms with Gasteiger partial charge in [0.05, 0.1) is 13.1 Å². The molecule has 0 N–H and O–H groups in total. The van der Waals surface area contributed by atoms with E-state index >= 15 is 0 Å². The zero-order valence-corrected chi connectivity index (χ0v) is 22.9. The quantitative estimate of drug-likeness (QED) is 0.144. The highest BCUT2D eigenvalue weighted by Crippen LogP contribution is 2.02. The SMILES string of the molecule is C.C.C.C.CCC.CCCCCCC[n+]1ccccc1.CCCCCCC[n+]1ccn(CC)c1.[CH3-].[CH3-]. The van der Waals surface area contributed by atoms with Crippen LogP contribution < -0.4 is 9.13 Å². The summed E-state index contributed by atoms with van der Waals surface area (Å²) in [5.74, 6) is 0. The minimum Gasteiger partial charge on any atom is -0.358 e. The third-order valence-corrected chi connectivity index (χ3v) is 4.93. The van der Waals surface area contributed by atoms with Crippen LogP contribution in [0.25, 0.3) is 0 Å². The summed E-state index contributed by atoms with van der Waals surface area (Å²) in [4.78, 5) is 0. The smallest absolute Gasteiger partial charge is 0.243 e. The summed E-state index contributed by atoms with van der Waals surface area (Å²) >= 11 is 0. The van der Waals surface area contributed by atoms with Crippen LogP contribution in [0.1, 0.15) is 135 Å². The van der Waals surface area contributed by atoms with Crippen molar-refractivity contribution in [2.75, 3.05) is 0 Å². The summed E-state index contributed by atoms with van der Waals surface area (Å²) in [5.41, 5.74) is 0. The van der Waals surface area contributed by atoms with Crippen molar-refractivity contribution in [2.24, 2.45) is 0 Å². The largest absolute Gasteiger partial charge is 0.358 e. The lowest BCUT2D eigenvalue weighted by Gasteiger charge is -1.97. The number of imidazole rings is 1. The highest BCUT2D eigenvalue weighted by Gasteiger charge is 2.00. The second-order valence-electron chi connectivity index (χ2n) is 8.13. The van der Waals surface area contributed by atoms with E-state index in [0.717, 1.165) is 6.54 Å². The molecule has 0 unspecified atom stereocenters. The van der Waals surface area contributed by atoms with Crippen LogP contribution in [0, 0.1) is 14.9 Å². The number of aromatic nitrogens is 3. The number of aryl methyl sites for hydroxylation is 3. The molecular weight excluding hydrogens is 438 g/mol. The van der Waals surface area contributed by atoms with E-state index in [0.29, 0.717) is 0 Å². The van der Waals surface area contributed by atoms with Crippen LogP contribution in [0.15, 0.2) is 49.3 Å². The maximum Gasteiger partial charge on any atom is 0.243 e. The molecule has 2 rings (SSSR count). The van der Waals surface area contributed by atoms with Crippen molar-refractivity contribution in [1.29, 1.82) is 0 Å². The average molecular weight is 512 g/mol. The lowest BCUT2D eigenvalue weighted by Crippen LogP contribution is -2.32. The summed E-state index contributed by atoms with van der Waals surface area (Å²) in [7, 11) is 0. The van der Waals surface area contributed by atoms with Gasteiger partial charge in [-0.3, -0.25) is 0 Å². The fraction of sp³-hybridized carbons (Fsp3) is 0.697. The van der Waals surface area contributed by atoms with Crippen LogP contribution in [-0.2, 0) is 19.6 Å². The zero-order valence-electron chi connectivity index (χ0n) is 22.9. The van der Waals surface area contributed by atoms with Gasteiger partial charge in [-0.1, -0.05) is 108 Å². The number of pyridine rings is 1. The van der Waals surface area contributed by atoms with Gasteiger partial charge in [-0.05, 0) is 26.2 Å². The standard InChI is InChI=1S/C12H23N2.C12H20N.C3H8.4CH4.2CH3/c1-3-5-6-7-8-9-14-11-10-13(4-2)12-14;1-2-3-4-5-7-10-13-11-8-6-9-12-13;1-3-2;;;;;;/h10-12H,3-9H2,1-2H3;6,8-9,11-12H,2-5,7,10H2,1H3;3H2,1-2H3;4*1H4;2*1H3/q2*+1;;;;;;2*-1. The molecule has 0 spiro atoms. The second kappa shape index (κ2) is 40.5. The number of nitrogens with zero attached hydrogens (tertiary/aromatic N) is 3. The minimum atomic E-state index is 0. The molecule has 0 aromatic carbocycles. The second-order valence-corrected chi connectivity index (χ2v) is 8.13. The van der Waals surface area contributed by atoms with Crippen molar-refractivity contribution in [3.8, 4) is 0 Å². The first-order chi connectivity index (χ1) is 14.7. The molecular formula is C33H73N3. The van der Waals surface area contributed by atoms with E-state index in [1.54, 1.807) is 0 Å². The Morgan fingerprint density at radius 3 is 1.33 bits per heavy atom. The van der Waals surface area contributed by atoms with Gasteiger partial charge in [0.2, 0.25) is 6.33 Å². The fourth-order valence-corrected chi connectivity index (χ4v) is 3.14. The fourth-order valence-electron chi connectivity index (χ4n) is 3.14. The molecule has 0 fully saturated rings. The van der Waals surface area contributed by atoms with E-state index in [9.17, 15) is 0 Å². The lowest BCUT2D eigenvalue weighted by atomic mass is 10.1. The molecule has 0 aliphatic heterocycles. The first-order valence-electron chi connectivity index (χ1n) is 12.7. The van der Waals surface area contributed by atoms with Crippen LogP contribution >= 0.6 is 0 Å². The molecule has 0 atom stereocenters. The summed E-state index contributed by atoms with van der Waals surface area (Å²) in [6.07, 6.45) is 25.6. The molecule has 0 bridgehead atoms. The molecule has 0 radical (unpaired) electrons. The molecule has 0 aliphatic rings. The predicted octanol–water partition coefficient (Wildman–Crippen LogP) is 10.6. The van der Waals surface area contributed by atoms with Gasteiger partial charge in [0.15, 0.2) is 12.4 Å². The van der Waals surface area contributed by atoms with Gasteiger partial charge < -0.3 is 14.9 Å². The molecule has 0 saturated carbocycles. The van der Waals surface area contributed by atoms with E-state index in [2.05, 4.69) is 97.6 Å². The molecule has 220 valence electrons. The first kappa shape index (κ1) is 51.1. The van der Waals surface area contributed by atoms with Crippen LogP contribution in [0.5, 0.6) is 0 Å². The number of hydrogen-bond donors (Lipinski definition) is 0. The van der Waals surface area contributed by atoms with Crippen molar-refractivity contribution in [3.63, 3.8) is 0 Å². The molecule has 2 aromatic rings. The molecule has 36 heavy (non-hydrogen) atoms. The zero-order chi connectivity index (χ0) is 22.3. The number of unbranched alkanes of at least 4 members (excludes halogenated alkanes) is 8.